The molecule has 0 atom stereocenters. The fourth-order valence-corrected chi connectivity index (χ4v) is 1.70. The molecule has 0 saturated heterocycles. The summed E-state index contributed by atoms with van der Waals surface area (Å²) < 4.78 is 0. The van der Waals surface area contributed by atoms with Gasteiger partial charge in [-0.1, -0.05) is 28.8 Å². The van der Waals surface area contributed by atoms with Crippen LogP contribution in [0.15, 0.2) is 22.2 Å². The third kappa shape index (κ3) is 3.72. The van der Waals surface area contributed by atoms with Crippen molar-refractivity contribution in [1.29, 1.82) is 0 Å². The Kier molecular flexibility index (Phi) is 4.30. The molecule has 74 valence electrons. The maximum atomic E-state index is 5.96. The first-order chi connectivity index (χ1) is 6.09. The van der Waals surface area contributed by atoms with Crippen LogP contribution < -0.4 is 0 Å². The second-order valence-corrected chi connectivity index (χ2v) is 4.46. The first-order valence-corrected chi connectivity index (χ1v) is 5.25. The van der Waals surface area contributed by atoms with Gasteiger partial charge in [0.1, 0.15) is 0 Å². The Labute approximate surface area is 90.0 Å². The molecule has 1 aliphatic rings. The molecule has 13 heavy (non-hydrogen) atoms. The lowest BCUT2D eigenvalue weighted by Crippen LogP contribution is -2.30. The molecule has 0 unspecified atom stereocenters. The zero-order chi connectivity index (χ0) is 9.84. The van der Waals surface area contributed by atoms with E-state index in [4.69, 9.17) is 23.2 Å². The summed E-state index contributed by atoms with van der Waals surface area (Å²) in [5.41, 5.74) is 1.22. The van der Waals surface area contributed by atoms with Gasteiger partial charge in [0.05, 0.1) is 0 Å². The molecule has 0 N–H and O–H groups in total. The summed E-state index contributed by atoms with van der Waals surface area (Å²) in [6.45, 7) is 8.78. The van der Waals surface area contributed by atoms with Crippen LogP contribution >= 0.6 is 23.2 Å². The number of halogens is 2. The molecule has 0 spiro atoms. The van der Waals surface area contributed by atoms with E-state index in [0.717, 1.165) is 42.5 Å². The quantitative estimate of drug-likeness (QED) is 0.659. The average molecular weight is 220 g/mol. The Morgan fingerprint density at radius 1 is 1.46 bits per heavy atom. The maximum absolute atomic E-state index is 5.96. The van der Waals surface area contributed by atoms with Gasteiger partial charge in [-0.3, -0.25) is 4.90 Å². The first-order valence-electron chi connectivity index (χ1n) is 4.49. The van der Waals surface area contributed by atoms with E-state index in [2.05, 4.69) is 11.5 Å². The summed E-state index contributed by atoms with van der Waals surface area (Å²) in [6.07, 6.45) is 1.93. The van der Waals surface area contributed by atoms with E-state index < -0.39 is 0 Å². The second kappa shape index (κ2) is 5.04. The lowest BCUT2D eigenvalue weighted by atomic mass is 10.2. The van der Waals surface area contributed by atoms with Crippen LogP contribution in [-0.4, -0.2) is 24.5 Å². The van der Waals surface area contributed by atoms with Crippen molar-refractivity contribution in [3.63, 3.8) is 0 Å². The predicted octanol–water partition coefficient (Wildman–Crippen LogP) is 3.35. The Balaban J connectivity index is 2.36. The van der Waals surface area contributed by atoms with Crippen molar-refractivity contribution in [2.24, 2.45) is 0 Å². The SMILES string of the molecule is C=C(C)CCN1CCC(Cl)=C(Cl)C1. The van der Waals surface area contributed by atoms with Crippen LogP contribution in [0.3, 0.4) is 0 Å². The van der Waals surface area contributed by atoms with Crippen LogP contribution in [0.5, 0.6) is 0 Å². The number of hydrogen-bond donors (Lipinski definition) is 0. The molecule has 0 aromatic heterocycles. The zero-order valence-electron chi connectivity index (χ0n) is 7.95. The fourth-order valence-electron chi connectivity index (χ4n) is 1.29. The molecule has 0 bridgehead atoms. The Hall–Kier alpha value is 0.0200. The Morgan fingerprint density at radius 2 is 2.15 bits per heavy atom. The van der Waals surface area contributed by atoms with Crippen molar-refractivity contribution in [2.75, 3.05) is 19.6 Å². The van der Waals surface area contributed by atoms with Gasteiger partial charge in [-0.05, 0) is 19.8 Å². The molecule has 0 aromatic rings. The van der Waals surface area contributed by atoms with Crippen molar-refractivity contribution < 1.29 is 0 Å². The Bertz CT molecular complexity index is 233. The third-order valence-corrected chi connectivity index (χ3v) is 3.02. The normalized spacial score (nSPS) is 19.3. The van der Waals surface area contributed by atoms with Crippen molar-refractivity contribution in [3.05, 3.63) is 22.2 Å². The van der Waals surface area contributed by atoms with Crippen LogP contribution in [0.4, 0.5) is 0 Å². The minimum Gasteiger partial charge on any atom is -0.297 e. The number of hydrogen-bond acceptors (Lipinski definition) is 1. The van der Waals surface area contributed by atoms with Gasteiger partial charge in [0.15, 0.2) is 0 Å². The largest absolute Gasteiger partial charge is 0.297 e. The lowest BCUT2D eigenvalue weighted by Gasteiger charge is -2.26. The molecule has 0 radical (unpaired) electrons. The summed E-state index contributed by atoms with van der Waals surface area (Å²) in [5, 5.41) is 1.63. The van der Waals surface area contributed by atoms with E-state index in [0.29, 0.717) is 0 Å². The maximum Gasteiger partial charge on any atom is 0.0466 e. The van der Waals surface area contributed by atoms with Gasteiger partial charge >= 0.3 is 0 Å². The topological polar surface area (TPSA) is 3.24 Å². The minimum atomic E-state index is 0.799. The fraction of sp³-hybridized carbons (Fsp3) is 0.600. The van der Waals surface area contributed by atoms with E-state index in [9.17, 15) is 0 Å². The van der Waals surface area contributed by atoms with Crippen LogP contribution in [0, 0.1) is 0 Å². The van der Waals surface area contributed by atoms with E-state index in [-0.39, 0.29) is 0 Å². The molecule has 0 aliphatic carbocycles. The van der Waals surface area contributed by atoms with Gasteiger partial charge in [-0.25, -0.2) is 0 Å². The third-order valence-electron chi connectivity index (χ3n) is 2.16. The second-order valence-electron chi connectivity index (χ2n) is 3.54. The molecule has 0 saturated carbocycles. The summed E-state index contributed by atoms with van der Waals surface area (Å²) >= 11 is 11.9. The summed E-state index contributed by atoms with van der Waals surface area (Å²) in [5.74, 6) is 0. The highest BCUT2D eigenvalue weighted by Crippen LogP contribution is 2.23. The molecule has 3 heteroatoms. The molecule has 1 rings (SSSR count). The molecule has 1 heterocycles. The van der Waals surface area contributed by atoms with Crippen molar-refractivity contribution in [2.45, 2.75) is 19.8 Å². The highest BCUT2D eigenvalue weighted by Gasteiger charge is 2.15. The lowest BCUT2D eigenvalue weighted by molar-refractivity contribution is 0.297. The number of rotatable bonds is 3. The highest BCUT2D eigenvalue weighted by atomic mass is 35.5. The molecule has 0 aromatic carbocycles. The average Bonchev–Trinajstić information content (AvgIpc) is 2.07. The minimum absolute atomic E-state index is 0.799. The number of nitrogens with zero attached hydrogens (tertiary/aromatic N) is 1. The van der Waals surface area contributed by atoms with Gasteiger partial charge in [-0.2, -0.15) is 0 Å². The van der Waals surface area contributed by atoms with Gasteiger partial charge in [0.2, 0.25) is 0 Å². The van der Waals surface area contributed by atoms with Crippen molar-refractivity contribution >= 4 is 23.2 Å². The van der Waals surface area contributed by atoms with Crippen LogP contribution in [-0.2, 0) is 0 Å². The van der Waals surface area contributed by atoms with E-state index in [1.165, 1.54) is 5.57 Å². The zero-order valence-corrected chi connectivity index (χ0v) is 9.46. The van der Waals surface area contributed by atoms with E-state index in [1.807, 2.05) is 6.92 Å². The summed E-state index contributed by atoms with van der Waals surface area (Å²) in [7, 11) is 0. The molecule has 1 nitrogen and oxygen atoms in total. The van der Waals surface area contributed by atoms with Crippen molar-refractivity contribution in [1.82, 2.24) is 4.90 Å². The highest BCUT2D eigenvalue weighted by molar-refractivity contribution is 6.39. The standard InChI is InChI=1S/C10H15Cl2N/c1-8(2)3-5-13-6-4-9(11)10(12)7-13/h1,3-7H2,2H3. The molecular formula is C10H15Cl2N. The van der Waals surface area contributed by atoms with Crippen molar-refractivity contribution in [3.8, 4) is 0 Å². The van der Waals surface area contributed by atoms with Gasteiger partial charge < -0.3 is 0 Å². The van der Waals surface area contributed by atoms with Gasteiger partial charge in [-0.15, -0.1) is 6.58 Å². The van der Waals surface area contributed by atoms with Crippen LogP contribution in [0.2, 0.25) is 0 Å². The van der Waals surface area contributed by atoms with E-state index >= 15 is 0 Å². The first kappa shape index (κ1) is 11.1. The molecular weight excluding hydrogens is 205 g/mol. The predicted molar refractivity (Wildman–Crippen MR) is 59.2 cm³/mol. The van der Waals surface area contributed by atoms with Crippen LogP contribution in [0.25, 0.3) is 0 Å². The molecule has 1 aliphatic heterocycles. The summed E-state index contributed by atoms with van der Waals surface area (Å²) in [6, 6.07) is 0. The van der Waals surface area contributed by atoms with Gasteiger partial charge in [0, 0.05) is 29.7 Å². The molecule has 0 fully saturated rings. The smallest absolute Gasteiger partial charge is 0.0466 e. The van der Waals surface area contributed by atoms with E-state index in [1.54, 1.807) is 0 Å². The van der Waals surface area contributed by atoms with Crippen LogP contribution in [0.1, 0.15) is 19.8 Å². The summed E-state index contributed by atoms with van der Waals surface area (Å²) in [4.78, 5) is 2.31. The Morgan fingerprint density at radius 3 is 2.69 bits per heavy atom. The monoisotopic (exact) mass is 219 g/mol. The molecule has 0 amide bonds. The van der Waals surface area contributed by atoms with Gasteiger partial charge in [0.25, 0.3) is 0 Å².